The first-order chi connectivity index (χ1) is 14.5. The Morgan fingerprint density at radius 3 is 2.80 bits per heavy atom. The van der Waals surface area contributed by atoms with Crippen LogP contribution in [0, 0.1) is 5.92 Å². The molecule has 0 spiro atoms. The lowest BCUT2D eigenvalue weighted by molar-refractivity contribution is -0.117. The Kier molecular flexibility index (Phi) is 5.52. The van der Waals surface area contributed by atoms with Gasteiger partial charge in [0.05, 0.1) is 13.7 Å². The van der Waals surface area contributed by atoms with Crippen LogP contribution < -0.4 is 14.8 Å². The molecular weight excluding hydrogens is 396 g/mol. The van der Waals surface area contributed by atoms with E-state index >= 15 is 0 Å². The van der Waals surface area contributed by atoms with Gasteiger partial charge < -0.3 is 19.7 Å². The van der Waals surface area contributed by atoms with E-state index in [1.807, 2.05) is 0 Å². The van der Waals surface area contributed by atoms with E-state index in [0.29, 0.717) is 29.2 Å². The summed E-state index contributed by atoms with van der Waals surface area (Å²) >= 11 is 0. The maximum atomic E-state index is 12.8. The van der Waals surface area contributed by atoms with Crippen molar-refractivity contribution in [1.82, 2.24) is 9.88 Å². The fourth-order valence-electron chi connectivity index (χ4n) is 3.39. The van der Waals surface area contributed by atoms with Gasteiger partial charge in [-0.15, -0.1) is 0 Å². The number of rotatable bonds is 8. The zero-order chi connectivity index (χ0) is 21.3. The minimum atomic E-state index is -2.58. The Morgan fingerprint density at radius 1 is 1.30 bits per heavy atom. The molecule has 2 heterocycles. The first-order valence-electron chi connectivity index (χ1n) is 9.62. The SMILES string of the molecule is COc1cc(CN2Cc3c(ccnc3NC(=O)C3CC3)C2=O)ccc1OCC(F)F. The summed E-state index contributed by atoms with van der Waals surface area (Å²) in [4.78, 5) is 30.8. The van der Waals surface area contributed by atoms with Gasteiger partial charge in [-0.05, 0) is 36.6 Å². The number of carbonyl (C=O) groups is 2. The zero-order valence-corrected chi connectivity index (χ0v) is 16.4. The number of amides is 2. The summed E-state index contributed by atoms with van der Waals surface area (Å²) in [6, 6.07) is 6.55. The number of benzene rings is 1. The Labute approximate surface area is 172 Å². The normalized spacial score (nSPS) is 15.3. The van der Waals surface area contributed by atoms with Crippen molar-refractivity contribution in [3.63, 3.8) is 0 Å². The van der Waals surface area contributed by atoms with Crippen LogP contribution in [0.3, 0.4) is 0 Å². The Hall–Kier alpha value is -3.23. The molecule has 1 aromatic heterocycles. The number of alkyl halides is 2. The van der Waals surface area contributed by atoms with Gasteiger partial charge >= 0.3 is 0 Å². The quantitative estimate of drug-likeness (QED) is 0.713. The number of fused-ring (bicyclic) bond motifs is 1. The molecule has 1 aliphatic carbocycles. The fourth-order valence-corrected chi connectivity index (χ4v) is 3.39. The molecule has 7 nitrogen and oxygen atoms in total. The number of nitrogens with one attached hydrogen (secondary N) is 1. The molecule has 1 aliphatic heterocycles. The topological polar surface area (TPSA) is 80.8 Å². The van der Waals surface area contributed by atoms with Gasteiger partial charge in [-0.3, -0.25) is 9.59 Å². The van der Waals surface area contributed by atoms with E-state index in [1.165, 1.54) is 13.3 Å². The van der Waals surface area contributed by atoms with Crippen LogP contribution >= 0.6 is 0 Å². The van der Waals surface area contributed by atoms with Crippen molar-refractivity contribution in [3.8, 4) is 11.5 Å². The highest BCUT2D eigenvalue weighted by Crippen LogP contribution is 2.34. The average molecular weight is 417 g/mol. The van der Waals surface area contributed by atoms with Crippen molar-refractivity contribution in [2.45, 2.75) is 32.4 Å². The highest BCUT2D eigenvalue weighted by molar-refractivity contribution is 6.01. The molecule has 1 fully saturated rings. The Bertz CT molecular complexity index is 979. The molecule has 2 aromatic rings. The number of hydrogen-bond donors (Lipinski definition) is 1. The highest BCUT2D eigenvalue weighted by atomic mass is 19.3. The van der Waals surface area contributed by atoms with Gasteiger partial charge in [0.15, 0.2) is 11.5 Å². The van der Waals surface area contributed by atoms with Gasteiger partial charge in [-0.2, -0.15) is 0 Å². The van der Waals surface area contributed by atoms with Gasteiger partial charge in [0.25, 0.3) is 12.3 Å². The molecule has 1 saturated carbocycles. The lowest BCUT2D eigenvalue weighted by Crippen LogP contribution is -2.23. The number of nitrogens with zero attached hydrogens (tertiary/aromatic N) is 2. The average Bonchev–Trinajstić information content (AvgIpc) is 3.53. The number of pyridine rings is 1. The van der Waals surface area contributed by atoms with Crippen LogP contribution in [0.1, 0.15) is 34.3 Å². The predicted octanol–water partition coefficient (Wildman–Crippen LogP) is 3.24. The maximum absolute atomic E-state index is 12.8. The second-order valence-electron chi connectivity index (χ2n) is 7.30. The lowest BCUT2D eigenvalue weighted by Gasteiger charge is -2.17. The smallest absolute Gasteiger partial charge is 0.272 e. The second kappa shape index (κ2) is 8.25. The molecule has 0 saturated heterocycles. The number of methoxy groups -OCH3 is 1. The first kappa shape index (κ1) is 20.1. The monoisotopic (exact) mass is 417 g/mol. The van der Waals surface area contributed by atoms with Crippen LogP contribution in [0.5, 0.6) is 11.5 Å². The third kappa shape index (κ3) is 4.19. The predicted molar refractivity (Wildman–Crippen MR) is 104 cm³/mol. The summed E-state index contributed by atoms with van der Waals surface area (Å²) in [5.74, 6) is 0.767. The van der Waals surface area contributed by atoms with Crippen LogP contribution in [0.4, 0.5) is 14.6 Å². The molecule has 4 rings (SSSR count). The number of anilines is 1. The van der Waals surface area contributed by atoms with E-state index in [9.17, 15) is 18.4 Å². The largest absolute Gasteiger partial charge is 0.493 e. The Morgan fingerprint density at radius 2 is 2.10 bits per heavy atom. The van der Waals surface area contributed by atoms with E-state index in [1.54, 1.807) is 29.2 Å². The standard InChI is InChI=1S/C21H21F2N3O4/c1-29-17-8-12(2-5-16(17)30-11-18(22)23)9-26-10-15-14(21(26)28)6-7-24-19(15)25-20(27)13-3-4-13/h2,5-8,13,18H,3-4,9-11H2,1H3,(H,24,25,27). The molecule has 2 amide bonds. The summed E-state index contributed by atoms with van der Waals surface area (Å²) in [5.41, 5.74) is 1.97. The number of hydrogen-bond acceptors (Lipinski definition) is 5. The molecule has 30 heavy (non-hydrogen) atoms. The number of carbonyl (C=O) groups excluding carboxylic acids is 2. The Balaban J connectivity index is 1.48. The van der Waals surface area contributed by atoms with Gasteiger partial charge in [0.1, 0.15) is 12.4 Å². The maximum Gasteiger partial charge on any atom is 0.272 e. The van der Waals surface area contributed by atoms with Gasteiger partial charge in [0.2, 0.25) is 5.91 Å². The summed E-state index contributed by atoms with van der Waals surface area (Å²) in [6.45, 7) is -0.124. The molecule has 9 heteroatoms. The van der Waals surface area contributed by atoms with Gasteiger partial charge in [0, 0.05) is 29.8 Å². The molecule has 0 atom stereocenters. The van der Waals surface area contributed by atoms with E-state index < -0.39 is 13.0 Å². The minimum absolute atomic E-state index is 0.0362. The fraction of sp³-hybridized carbons (Fsp3) is 0.381. The highest BCUT2D eigenvalue weighted by Gasteiger charge is 2.33. The number of ether oxygens (including phenoxy) is 2. The van der Waals surface area contributed by atoms with Gasteiger partial charge in [-0.25, -0.2) is 13.8 Å². The van der Waals surface area contributed by atoms with Crippen molar-refractivity contribution in [1.29, 1.82) is 0 Å². The first-order valence-corrected chi connectivity index (χ1v) is 9.62. The summed E-state index contributed by atoms with van der Waals surface area (Å²) < 4.78 is 35.1. The zero-order valence-electron chi connectivity index (χ0n) is 16.4. The molecule has 1 N–H and O–H groups in total. The van der Waals surface area contributed by atoms with E-state index in [-0.39, 0.29) is 30.0 Å². The van der Waals surface area contributed by atoms with Crippen LogP contribution in [0.2, 0.25) is 0 Å². The third-order valence-electron chi connectivity index (χ3n) is 5.08. The molecule has 158 valence electrons. The van der Waals surface area contributed by atoms with Crippen molar-refractivity contribution in [3.05, 3.63) is 47.2 Å². The van der Waals surface area contributed by atoms with Crippen molar-refractivity contribution >= 4 is 17.6 Å². The molecule has 0 bridgehead atoms. The molecule has 0 unspecified atom stereocenters. The second-order valence-corrected chi connectivity index (χ2v) is 7.30. The molecular formula is C21H21F2N3O4. The minimum Gasteiger partial charge on any atom is -0.493 e. The molecule has 2 aliphatic rings. The van der Waals surface area contributed by atoms with Crippen LogP contribution in [0.25, 0.3) is 0 Å². The van der Waals surface area contributed by atoms with Crippen molar-refractivity contribution in [2.75, 3.05) is 19.0 Å². The number of aromatic nitrogens is 1. The number of halogens is 2. The van der Waals surface area contributed by atoms with Crippen LogP contribution in [0.15, 0.2) is 30.5 Å². The van der Waals surface area contributed by atoms with Crippen molar-refractivity contribution < 1.29 is 27.8 Å². The van der Waals surface area contributed by atoms with Crippen LogP contribution in [-0.2, 0) is 17.9 Å². The summed E-state index contributed by atoms with van der Waals surface area (Å²) in [5, 5.41) is 2.83. The summed E-state index contributed by atoms with van der Waals surface area (Å²) in [6.07, 6.45) is 0.689. The summed E-state index contributed by atoms with van der Waals surface area (Å²) in [7, 11) is 1.42. The third-order valence-corrected chi connectivity index (χ3v) is 5.08. The van der Waals surface area contributed by atoms with Crippen molar-refractivity contribution in [2.24, 2.45) is 5.92 Å². The molecule has 0 radical (unpaired) electrons. The van der Waals surface area contributed by atoms with Crippen LogP contribution in [-0.4, -0.2) is 41.8 Å². The van der Waals surface area contributed by atoms with E-state index in [4.69, 9.17) is 9.47 Å². The lowest BCUT2D eigenvalue weighted by atomic mass is 10.1. The molecule has 1 aromatic carbocycles. The van der Waals surface area contributed by atoms with Gasteiger partial charge in [-0.1, -0.05) is 6.07 Å². The van der Waals surface area contributed by atoms with E-state index in [2.05, 4.69) is 10.3 Å². The van der Waals surface area contributed by atoms with E-state index in [0.717, 1.165) is 18.4 Å².